The van der Waals surface area contributed by atoms with E-state index < -0.39 is 11.8 Å². The lowest BCUT2D eigenvalue weighted by Gasteiger charge is -2.28. The minimum absolute atomic E-state index is 0.620. The van der Waals surface area contributed by atoms with E-state index in [0.717, 1.165) is 30.8 Å². The van der Waals surface area contributed by atoms with Crippen LogP contribution >= 0.6 is 0 Å². The fourth-order valence-corrected chi connectivity index (χ4v) is 3.23. The minimum Gasteiger partial charge on any atom is -0.372 e. The summed E-state index contributed by atoms with van der Waals surface area (Å²) >= 11 is 0. The predicted octanol–water partition coefficient (Wildman–Crippen LogP) is 3.82. The maximum absolute atomic E-state index is 12.2. The van der Waals surface area contributed by atoms with Crippen molar-refractivity contribution in [3.05, 3.63) is 54.1 Å². The summed E-state index contributed by atoms with van der Waals surface area (Å²) in [5, 5.41) is 5.35. The van der Waals surface area contributed by atoms with Gasteiger partial charge in [-0.2, -0.15) is 0 Å². The number of benzene rings is 2. The van der Waals surface area contributed by atoms with Gasteiger partial charge in [-0.3, -0.25) is 9.59 Å². The summed E-state index contributed by atoms with van der Waals surface area (Å²) in [4.78, 5) is 26.7. The monoisotopic (exact) mass is 351 g/mol. The van der Waals surface area contributed by atoms with Gasteiger partial charge >= 0.3 is 11.8 Å². The Labute approximate surface area is 154 Å². The zero-order valence-corrected chi connectivity index (χ0v) is 15.1. The second-order valence-corrected chi connectivity index (χ2v) is 6.51. The van der Waals surface area contributed by atoms with Gasteiger partial charge < -0.3 is 15.5 Å². The lowest BCUT2D eigenvalue weighted by molar-refractivity contribution is -0.133. The van der Waals surface area contributed by atoms with E-state index >= 15 is 0 Å². The Bertz CT molecular complexity index is 765. The third-order valence-electron chi connectivity index (χ3n) is 4.70. The molecule has 1 heterocycles. The highest BCUT2D eigenvalue weighted by Crippen LogP contribution is 2.22. The zero-order chi connectivity index (χ0) is 18.4. The van der Waals surface area contributed by atoms with Crippen LogP contribution in [0.15, 0.2) is 48.5 Å². The maximum Gasteiger partial charge on any atom is 0.314 e. The van der Waals surface area contributed by atoms with Gasteiger partial charge in [-0.05, 0) is 61.6 Å². The van der Waals surface area contributed by atoms with Gasteiger partial charge in [0.25, 0.3) is 0 Å². The van der Waals surface area contributed by atoms with Crippen molar-refractivity contribution in [2.75, 3.05) is 28.6 Å². The SMILES string of the molecule is CCc1ccccc1NC(=O)C(=O)Nc1ccc(N2CCCCC2)cc1. The zero-order valence-electron chi connectivity index (χ0n) is 15.1. The number of rotatable bonds is 4. The van der Waals surface area contributed by atoms with Crippen molar-refractivity contribution in [2.24, 2.45) is 0 Å². The summed E-state index contributed by atoms with van der Waals surface area (Å²) in [5.74, 6) is -1.33. The molecule has 0 aromatic heterocycles. The van der Waals surface area contributed by atoms with Crippen molar-refractivity contribution in [1.82, 2.24) is 0 Å². The third-order valence-corrected chi connectivity index (χ3v) is 4.70. The molecule has 26 heavy (non-hydrogen) atoms. The molecule has 2 aromatic carbocycles. The van der Waals surface area contributed by atoms with Crippen molar-refractivity contribution in [2.45, 2.75) is 32.6 Å². The molecule has 2 amide bonds. The molecule has 1 saturated heterocycles. The fourth-order valence-electron chi connectivity index (χ4n) is 3.23. The second kappa shape index (κ2) is 8.52. The van der Waals surface area contributed by atoms with Crippen molar-refractivity contribution in [1.29, 1.82) is 0 Å². The molecule has 5 nitrogen and oxygen atoms in total. The first-order valence-electron chi connectivity index (χ1n) is 9.22. The number of carbonyl (C=O) groups is 2. The van der Waals surface area contributed by atoms with Crippen LogP contribution < -0.4 is 15.5 Å². The normalized spacial score (nSPS) is 14.0. The fraction of sp³-hybridized carbons (Fsp3) is 0.333. The smallest absolute Gasteiger partial charge is 0.314 e. The molecule has 2 N–H and O–H groups in total. The number of hydrogen-bond donors (Lipinski definition) is 2. The van der Waals surface area contributed by atoms with Gasteiger partial charge in [-0.25, -0.2) is 0 Å². The number of amides is 2. The van der Waals surface area contributed by atoms with E-state index in [1.165, 1.54) is 19.3 Å². The molecule has 0 spiro atoms. The number of nitrogens with one attached hydrogen (secondary N) is 2. The summed E-state index contributed by atoms with van der Waals surface area (Å²) in [6.07, 6.45) is 4.52. The average Bonchev–Trinajstić information content (AvgIpc) is 2.69. The first kappa shape index (κ1) is 18.0. The van der Waals surface area contributed by atoms with Crippen LogP contribution in [0.3, 0.4) is 0 Å². The largest absolute Gasteiger partial charge is 0.372 e. The van der Waals surface area contributed by atoms with Crippen molar-refractivity contribution >= 4 is 28.9 Å². The molecule has 2 aromatic rings. The first-order valence-corrected chi connectivity index (χ1v) is 9.22. The molecule has 0 unspecified atom stereocenters. The summed E-state index contributed by atoms with van der Waals surface area (Å²) in [6, 6.07) is 15.2. The Balaban J connectivity index is 1.59. The van der Waals surface area contributed by atoms with Gasteiger partial charge in [0.05, 0.1) is 0 Å². The highest BCUT2D eigenvalue weighted by atomic mass is 16.2. The van der Waals surface area contributed by atoms with Gasteiger partial charge in [0.2, 0.25) is 0 Å². The lowest BCUT2D eigenvalue weighted by atomic mass is 10.1. The van der Waals surface area contributed by atoms with Crippen LogP contribution in [0.25, 0.3) is 0 Å². The Kier molecular flexibility index (Phi) is 5.89. The molecule has 0 saturated carbocycles. The maximum atomic E-state index is 12.2. The molecule has 5 heteroatoms. The van der Waals surface area contributed by atoms with Gasteiger partial charge in [0.1, 0.15) is 0 Å². The van der Waals surface area contributed by atoms with E-state index in [0.29, 0.717) is 11.4 Å². The lowest BCUT2D eigenvalue weighted by Crippen LogP contribution is -2.30. The standard InChI is InChI=1S/C21H25N3O2/c1-2-16-8-4-5-9-19(16)23-21(26)20(25)22-17-10-12-18(13-11-17)24-14-6-3-7-15-24/h4-5,8-13H,2-3,6-7,14-15H2,1H3,(H,22,25)(H,23,26). The van der Waals surface area contributed by atoms with Gasteiger partial charge in [0.15, 0.2) is 0 Å². The van der Waals surface area contributed by atoms with Crippen molar-refractivity contribution in [3.63, 3.8) is 0 Å². The number of aryl methyl sites for hydroxylation is 1. The van der Waals surface area contributed by atoms with E-state index in [9.17, 15) is 9.59 Å². The van der Waals surface area contributed by atoms with E-state index in [1.807, 2.05) is 49.4 Å². The molecular weight excluding hydrogens is 326 g/mol. The molecule has 0 radical (unpaired) electrons. The van der Waals surface area contributed by atoms with E-state index in [4.69, 9.17) is 0 Å². The Hall–Kier alpha value is -2.82. The predicted molar refractivity (Wildman–Crippen MR) is 106 cm³/mol. The Morgan fingerprint density at radius 2 is 1.54 bits per heavy atom. The summed E-state index contributed by atoms with van der Waals surface area (Å²) in [6.45, 7) is 4.16. The topological polar surface area (TPSA) is 61.4 Å². The first-order chi connectivity index (χ1) is 12.7. The minimum atomic E-state index is -0.665. The van der Waals surface area contributed by atoms with Gasteiger partial charge in [0, 0.05) is 30.2 Å². The highest BCUT2D eigenvalue weighted by molar-refractivity contribution is 6.43. The molecule has 0 bridgehead atoms. The second-order valence-electron chi connectivity index (χ2n) is 6.51. The van der Waals surface area contributed by atoms with Crippen molar-refractivity contribution < 1.29 is 9.59 Å². The third kappa shape index (κ3) is 4.42. The molecule has 3 rings (SSSR count). The van der Waals surface area contributed by atoms with E-state index in [-0.39, 0.29) is 0 Å². The van der Waals surface area contributed by atoms with Crippen LogP contribution in [-0.4, -0.2) is 24.9 Å². The van der Waals surface area contributed by atoms with E-state index in [2.05, 4.69) is 15.5 Å². The van der Waals surface area contributed by atoms with Gasteiger partial charge in [-0.15, -0.1) is 0 Å². The molecule has 1 fully saturated rings. The molecule has 1 aliphatic rings. The van der Waals surface area contributed by atoms with Crippen LogP contribution in [0.1, 0.15) is 31.7 Å². The van der Waals surface area contributed by atoms with Crippen molar-refractivity contribution in [3.8, 4) is 0 Å². The molecule has 0 atom stereocenters. The summed E-state index contributed by atoms with van der Waals surface area (Å²) in [7, 11) is 0. The molecule has 136 valence electrons. The summed E-state index contributed by atoms with van der Waals surface area (Å²) in [5.41, 5.74) is 3.45. The molecular formula is C21H25N3O2. The van der Waals surface area contributed by atoms with Crippen LogP contribution in [0.2, 0.25) is 0 Å². The van der Waals surface area contributed by atoms with E-state index in [1.54, 1.807) is 6.07 Å². The number of carbonyl (C=O) groups excluding carboxylic acids is 2. The van der Waals surface area contributed by atoms with Crippen LogP contribution in [0.4, 0.5) is 17.1 Å². The number of anilines is 3. The number of hydrogen-bond acceptors (Lipinski definition) is 3. The van der Waals surface area contributed by atoms with Crippen LogP contribution in [-0.2, 0) is 16.0 Å². The summed E-state index contributed by atoms with van der Waals surface area (Å²) < 4.78 is 0. The Morgan fingerprint density at radius 3 is 2.23 bits per heavy atom. The average molecular weight is 351 g/mol. The highest BCUT2D eigenvalue weighted by Gasteiger charge is 2.16. The number of piperidine rings is 1. The van der Waals surface area contributed by atoms with Crippen LogP contribution in [0, 0.1) is 0 Å². The quantitative estimate of drug-likeness (QED) is 0.823. The van der Waals surface area contributed by atoms with Gasteiger partial charge in [-0.1, -0.05) is 25.1 Å². The number of para-hydroxylation sites is 1. The molecule has 0 aliphatic carbocycles. The Morgan fingerprint density at radius 1 is 0.885 bits per heavy atom. The number of nitrogens with zero attached hydrogens (tertiary/aromatic N) is 1. The molecule has 1 aliphatic heterocycles. The van der Waals surface area contributed by atoms with Crippen LogP contribution in [0.5, 0.6) is 0 Å².